The molecule has 8 nitrogen and oxygen atoms in total. The van der Waals surface area contributed by atoms with Crippen LogP contribution in [0.25, 0.3) is 0 Å². The van der Waals surface area contributed by atoms with Gasteiger partial charge in [-0.3, -0.25) is 14.9 Å². The molecule has 2 aromatic carbocycles. The molecule has 0 aromatic heterocycles. The molecule has 0 saturated heterocycles. The van der Waals surface area contributed by atoms with Crippen LogP contribution in [-0.4, -0.2) is 34.2 Å². The Balaban J connectivity index is 0.000000291. The number of rotatable bonds is 5. The molecular formula is C16H10Cl5NO7. The molecule has 0 aliphatic carbocycles. The maximum absolute atomic E-state index is 10.6. The lowest BCUT2D eigenvalue weighted by atomic mass is 10.1. The van der Waals surface area contributed by atoms with Crippen LogP contribution in [0.4, 0.5) is 5.69 Å². The molecule has 0 fully saturated rings. The zero-order valence-corrected chi connectivity index (χ0v) is 18.0. The van der Waals surface area contributed by atoms with Gasteiger partial charge in [0.25, 0.3) is 0 Å². The van der Waals surface area contributed by atoms with E-state index in [1.807, 2.05) is 0 Å². The third kappa shape index (κ3) is 6.25. The van der Waals surface area contributed by atoms with Gasteiger partial charge in [0, 0.05) is 5.56 Å². The molecule has 0 spiro atoms. The summed E-state index contributed by atoms with van der Waals surface area (Å²) < 4.78 is 4.97. The van der Waals surface area contributed by atoms with Crippen LogP contribution < -0.4 is 4.74 Å². The van der Waals surface area contributed by atoms with E-state index in [0.29, 0.717) is 0 Å². The van der Waals surface area contributed by atoms with Gasteiger partial charge < -0.3 is 14.9 Å². The van der Waals surface area contributed by atoms with Crippen molar-refractivity contribution >= 4 is 75.6 Å². The minimum Gasteiger partial charge on any atom is -0.495 e. The molecule has 0 heterocycles. The van der Waals surface area contributed by atoms with Crippen molar-refractivity contribution in [2.24, 2.45) is 0 Å². The van der Waals surface area contributed by atoms with Crippen LogP contribution in [0.1, 0.15) is 15.9 Å². The van der Waals surface area contributed by atoms with Gasteiger partial charge >= 0.3 is 17.6 Å². The highest BCUT2D eigenvalue weighted by Crippen LogP contribution is 2.39. The molecule has 2 N–H and O–H groups in total. The number of ether oxygens (including phenoxy) is 1. The molecule has 0 atom stereocenters. The number of halogens is 5. The molecule has 0 aliphatic rings. The molecule has 0 amide bonds. The number of nitrogens with zero attached hydrogens (tertiary/aromatic N) is 1. The van der Waals surface area contributed by atoms with Gasteiger partial charge in [0.1, 0.15) is 15.8 Å². The molecule has 13 heteroatoms. The first-order valence-corrected chi connectivity index (χ1v) is 9.09. The predicted octanol–water partition coefficient (Wildman–Crippen LogP) is 5.88. The Kier molecular flexibility index (Phi) is 9.25. The fourth-order valence-electron chi connectivity index (χ4n) is 2.03. The SMILES string of the molecule is COc1c(Cl)cc(Cl)c(Cl)c1CC(=O)O.O=C(O)c1ccc(Cl)c([N+](=O)[O-])c1Cl. The molecule has 2 rings (SSSR count). The number of hydrogen-bond acceptors (Lipinski definition) is 5. The highest BCUT2D eigenvalue weighted by atomic mass is 35.5. The number of benzene rings is 2. The van der Waals surface area contributed by atoms with E-state index in [1.165, 1.54) is 13.2 Å². The van der Waals surface area contributed by atoms with Gasteiger partial charge in [0.05, 0.1) is 39.1 Å². The van der Waals surface area contributed by atoms with Crippen molar-refractivity contribution in [2.75, 3.05) is 7.11 Å². The second-order valence-electron chi connectivity index (χ2n) is 5.06. The topological polar surface area (TPSA) is 127 Å². The Morgan fingerprint density at radius 3 is 2.07 bits per heavy atom. The third-order valence-corrected chi connectivity index (χ3v) is 5.03. The number of aromatic carboxylic acids is 1. The van der Waals surface area contributed by atoms with Crippen molar-refractivity contribution in [3.8, 4) is 5.75 Å². The van der Waals surface area contributed by atoms with Crippen LogP contribution >= 0.6 is 58.0 Å². The summed E-state index contributed by atoms with van der Waals surface area (Å²) in [7, 11) is 1.39. The van der Waals surface area contributed by atoms with E-state index < -0.39 is 27.6 Å². The molecule has 29 heavy (non-hydrogen) atoms. The molecule has 2 aromatic rings. The smallest absolute Gasteiger partial charge is 0.337 e. The van der Waals surface area contributed by atoms with Crippen molar-refractivity contribution in [3.05, 3.63) is 64.6 Å². The highest BCUT2D eigenvalue weighted by molar-refractivity contribution is 6.44. The Hall–Kier alpha value is -1.97. The van der Waals surface area contributed by atoms with E-state index >= 15 is 0 Å². The van der Waals surface area contributed by atoms with E-state index in [-0.39, 0.29) is 43.4 Å². The number of carboxylic acid groups (broad SMARTS) is 2. The normalized spacial score (nSPS) is 10.0. The van der Waals surface area contributed by atoms with Crippen LogP contribution in [0.2, 0.25) is 25.1 Å². The zero-order chi connectivity index (χ0) is 22.5. The largest absolute Gasteiger partial charge is 0.495 e. The summed E-state index contributed by atoms with van der Waals surface area (Å²) in [5.41, 5.74) is -0.653. The number of aliphatic carboxylic acids is 1. The molecule has 0 unspecified atom stereocenters. The van der Waals surface area contributed by atoms with E-state index in [0.717, 1.165) is 12.1 Å². The first-order chi connectivity index (χ1) is 13.4. The average molecular weight is 506 g/mol. The van der Waals surface area contributed by atoms with Crippen LogP contribution in [-0.2, 0) is 11.2 Å². The van der Waals surface area contributed by atoms with Gasteiger partial charge in [0.2, 0.25) is 0 Å². The van der Waals surface area contributed by atoms with Gasteiger partial charge in [-0.15, -0.1) is 0 Å². The molecule has 0 bridgehead atoms. The number of nitro groups is 1. The molecular weight excluding hydrogens is 495 g/mol. The molecule has 0 saturated carbocycles. The first kappa shape index (κ1) is 25.1. The van der Waals surface area contributed by atoms with E-state index in [1.54, 1.807) is 0 Å². The second kappa shape index (κ2) is 10.7. The van der Waals surface area contributed by atoms with Crippen LogP contribution in [0.15, 0.2) is 18.2 Å². The van der Waals surface area contributed by atoms with Crippen LogP contribution in [0.5, 0.6) is 5.75 Å². The Labute approximate surface area is 188 Å². The van der Waals surface area contributed by atoms with Crippen molar-refractivity contribution in [2.45, 2.75) is 6.42 Å². The number of methoxy groups -OCH3 is 1. The maximum atomic E-state index is 10.6. The van der Waals surface area contributed by atoms with Crippen molar-refractivity contribution in [1.82, 2.24) is 0 Å². The number of carboxylic acids is 2. The third-order valence-electron chi connectivity index (χ3n) is 3.23. The lowest BCUT2D eigenvalue weighted by molar-refractivity contribution is -0.384. The van der Waals surface area contributed by atoms with E-state index in [2.05, 4.69) is 0 Å². The summed E-state index contributed by atoms with van der Waals surface area (Å²) in [6, 6.07) is 3.64. The van der Waals surface area contributed by atoms with Gasteiger partial charge in [-0.1, -0.05) is 58.0 Å². The Bertz CT molecular complexity index is 981. The van der Waals surface area contributed by atoms with Crippen molar-refractivity contribution in [3.63, 3.8) is 0 Å². The van der Waals surface area contributed by atoms with E-state index in [9.17, 15) is 19.7 Å². The summed E-state index contributed by atoms with van der Waals surface area (Å²) >= 11 is 28.4. The van der Waals surface area contributed by atoms with Crippen LogP contribution in [0, 0.1) is 10.1 Å². The fourth-order valence-corrected chi connectivity index (χ4v) is 3.41. The summed E-state index contributed by atoms with van der Waals surface area (Å²) in [5, 5.41) is 27.7. The van der Waals surface area contributed by atoms with E-state index in [4.69, 9.17) is 73.0 Å². The summed E-state index contributed by atoms with van der Waals surface area (Å²) in [5.74, 6) is -2.13. The summed E-state index contributed by atoms with van der Waals surface area (Å²) in [4.78, 5) is 30.8. The molecule has 0 radical (unpaired) electrons. The minimum absolute atomic E-state index is 0.153. The maximum Gasteiger partial charge on any atom is 0.337 e. The zero-order valence-electron chi connectivity index (χ0n) is 14.2. The number of hydrogen-bond donors (Lipinski definition) is 2. The first-order valence-electron chi connectivity index (χ1n) is 7.20. The standard InChI is InChI=1S/C9H7Cl3O3.C7H3Cl2NO4/c1-15-9-4(2-7(13)14)8(12)5(10)3-6(9)11;8-4-2-1-3(7(11)12)5(9)6(4)10(13)14/h3H,2H2,1H3,(H,13,14);1-2H,(H,11,12). The van der Waals surface area contributed by atoms with Gasteiger partial charge in [-0.2, -0.15) is 0 Å². The quantitative estimate of drug-likeness (QED) is 0.295. The predicted molar refractivity (Wildman–Crippen MR) is 109 cm³/mol. The average Bonchev–Trinajstić information content (AvgIpc) is 2.59. The van der Waals surface area contributed by atoms with Gasteiger partial charge in [-0.05, 0) is 18.2 Å². The second-order valence-corrected chi connectivity index (χ2v) is 7.03. The summed E-state index contributed by atoms with van der Waals surface area (Å²) in [6.07, 6.45) is -0.289. The van der Waals surface area contributed by atoms with Crippen LogP contribution in [0.3, 0.4) is 0 Å². The van der Waals surface area contributed by atoms with Crippen molar-refractivity contribution in [1.29, 1.82) is 0 Å². The lowest BCUT2D eigenvalue weighted by Crippen LogP contribution is -2.04. The number of nitro benzene ring substituents is 1. The Morgan fingerprint density at radius 1 is 1.03 bits per heavy atom. The van der Waals surface area contributed by atoms with Crippen molar-refractivity contribution < 1.29 is 29.5 Å². The summed E-state index contributed by atoms with van der Waals surface area (Å²) in [6.45, 7) is 0. The lowest BCUT2D eigenvalue weighted by Gasteiger charge is -2.11. The minimum atomic E-state index is -1.34. The molecule has 0 aliphatic heterocycles. The molecule has 156 valence electrons. The number of carbonyl (C=O) groups is 2. The highest BCUT2D eigenvalue weighted by Gasteiger charge is 2.23. The fraction of sp³-hybridized carbons (Fsp3) is 0.125. The van der Waals surface area contributed by atoms with Gasteiger partial charge in [0.15, 0.2) is 0 Å². The monoisotopic (exact) mass is 503 g/mol. The van der Waals surface area contributed by atoms with Gasteiger partial charge in [-0.25, -0.2) is 4.79 Å². The Morgan fingerprint density at radius 2 is 1.62 bits per heavy atom.